The lowest BCUT2D eigenvalue weighted by atomic mass is 10.1. The molecule has 5 aromatic rings. The van der Waals surface area contributed by atoms with Crippen molar-refractivity contribution in [3.05, 3.63) is 61.1 Å². The molecule has 0 aliphatic heterocycles. The second-order valence-corrected chi connectivity index (χ2v) is 8.65. The maximum atomic E-state index is 5.65. The Balaban J connectivity index is 1.57. The molecule has 1 fully saturated rings. The molecule has 0 amide bonds. The number of nitrogen functional groups attached to an aromatic ring is 1. The normalized spacial score (nSPS) is 13.8. The third kappa shape index (κ3) is 3.42. The van der Waals surface area contributed by atoms with Crippen molar-refractivity contribution in [2.24, 2.45) is 0 Å². The van der Waals surface area contributed by atoms with Crippen LogP contribution in [-0.2, 0) is 0 Å². The second-order valence-electron chi connectivity index (χ2n) is 8.65. The number of pyridine rings is 1. The molecule has 1 aromatic carbocycles. The Bertz CT molecular complexity index is 1450. The van der Waals surface area contributed by atoms with E-state index in [1.165, 1.54) is 19.2 Å². The molecule has 0 unspecified atom stereocenters. The molecular formula is C24H23N9. The van der Waals surface area contributed by atoms with Crippen molar-refractivity contribution in [2.75, 3.05) is 5.73 Å². The van der Waals surface area contributed by atoms with E-state index in [1.54, 1.807) is 23.4 Å². The smallest absolute Gasteiger partial charge is 0.219 e. The summed E-state index contributed by atoms with van der Waals surface area (Å²) < 4.78 is 3.98. The van der Waals surface area contributed by atoms with E-state index < -0.39 is 0 Å². The Hall–Kier alpha value is -4.14. The standard InChI is InChI=1S/C24H23N9/c1-14(2)33-20-7-5-16(17-10-27-24(25)28-11-17)9-19(20)31-23(33)22-21(32-13-26-12-29-32)8-6-18(30-22)15-3-4-15/h5-15H,3-4H2,1-2H3,(H2,25,27,28). The predicted molar refractivity (Wildman–Crippen MR) is 126 cm³/mol. The van der Waals surface area contributed by atoms with Crippen LogP contribution < -0.4 is 5.73 Å². The number of nitrogens with zero attached hydrogens (tertiary/aromatic N) is 8. The lowest BCUT2D eigenvalue weighted by Gasteiger charge is -2.15. The fourth-order valence-electron chi connectivity index (χ4n) is 4.21. The van der Waals surface area contributed by atoms with Crippen LogP contribution in [0, 0.1) is 0 Å². The highest BCUT2D eigenvalue weighted by molar-refractivity contribution is 5.86. The van der Waals surface area contributed by atoms with Gasteiger partial charge in [0.15, 0.2) is 5.82 Å². The van der Waals surface area contributed by atoms with Crippen LogP contribution in [0.2, 0.25) is 0 Å². The molecule has 0 radical (unpaired) electrons. The zero-order valence-corrected chi connectivity index (χ0v) is 18.4. The van der Waals surface area contributed by atoms with E-state index in [9.17, 15) is 0 Å². The Labute approximate surface area is 190 Å². The number of imidazole rings is 1. The van der Waals surface area contributed by atoms with Gasteiger partial charge in [-0.1, -0.05) is 6.07 Å². The van der Waals surface area contributed by atoms with Crippen molar-refractivity contribution in [3.63, 3.8) is 0 Å². The summed E-state index contributed by atoms with van der Waals surface area (Å²) in [5, 5.41) is 4.36. The van der Waals surface area contributed by atoms with Gasteiger partial charge in [-0.2, -0.15) is 5.10 Å². The van der Waals surface area contributed by atoms with Crippen molar-refractivity contribution in [2.45, 2.75) is 38.6 Å². The molecule has 33 heavy (non-hydrogen) atoms. The minimum absolute atomic E-state index is 0.186. The third-order valence-electron chi connectivity index (χ3n) is 5.98. The van der Waals surface area contributed by atoms with Crippen LogP contribution in [-0.4, -0.2) is 39.3 Å². The minimum Gasteiger partial charge on any atom is -0.368 e. The summed E-state index contributed by atoms with van der Waals surface area (Å²) in [5.74, 6) is 1.61. The lowest BCUT2D eigenvalue weighted by molar-refractivity contribution is 0.622. The van der Waals surface area contributed by atoms with Crippen molar-refractivity contribution < 1.29 is 0 Å². The van der Waals surface area contributed by atoms with Gasteiger partial charge < -0.3 is 10.3 Å². The van der Waals surface area contributed by atoms with Crippen LogP contribution in [0.25, 0.3) is 39.4 Å². The van der Waals surface area contributed by atoms with Crippen LogP contribution >= 0.6 is 0 Å². The zero-order valence-electron chi connectivity index (χ0n) is 18.4. The number of benzene rings is 1. The van der Waals surface area contributed by atoms with E-state index in [0.717, 1.165) is 45.1 Å². The minimum atomic E-state index is 0.186. The molecule has 164 valence electrons. The highest BCUT2D eigenvalue weighted by Gasteiger charge is 2.28. The molecule has 9 heteroatoms. The topological polar surface area (TPSA) is 113 Å². The molecule has 1 aliphatic carbocycles. The SMILES string of the molecule is CC(C)n1c(-c2nc(C3CC3)ccc2-n2cncn2)nc2cc(-c3cnc(N)nc3)ccc21. The summed E-state index contributed by atoms with van der Waals surface area (Å²) in [6.45, 7) is 4.32. The Morgan fingerprint density at radius 3 is 2.52 bits per heavy atom. The molecule has 0 atom stereocenters. The predicted octanol–water partition coefficient (Wildman–Crippen LogP) is 4.18. The van der Waals surface area contributed by atoms with Gasteiger partial charge in [0, 0.05) is 35.6 Å². The summed E-state index contributed by atoms with van der Waals surface area (Å²) in [6.07, 6.45) is 9.05. The first-order chi connectivity index (χ1) is 16.1. The van der Waals surface area contributed by atoms with Crippen molar-refractivity contribution in [1.29, 1.82) is 0 Å². The summed E-state index contributed by atoms with van der Waals surface area (Å²) >= 11 is 0. The van der Waals surface area contributed by atoms with Gasteiger partial charge in [-0.25, -0.2) is 29.6 Å². The van der Waals surface area contributed by atoms with Crippen molar-refractivity contribution in [1.82, 2.24) is 39.3 Å². The molecule has 2 N–H and O–H groups in total. The van der Waals surface area contributed by atoms with Crippen molar-refractivity contribution in [3.8, 4) is 28.3 Å². The van der Waals surface area contributed by atoms with Gasteiger partial charge in [-0.05, 0) is 56.5 Å². The van der Waals surface area contributed by atoms with Gasteiger partial charge in [-0.3, -0.25) is 0 Å². The summed E-state index contributed by atoms with van der Waals surface area (Å²) in [5.41, 5.74) is 12.2. The second kappa shape index (κ2) is 7.47. The van der Waals surface area contributed by atoms with Gasteiger partial charge in [0.25, 0.3) is 0 Å². The number of hydrogen-bond donors (Lipinski definition) is 1. The van der Waals surface area contributed by atoms with E-state index in [0.29, 0.717) is 5.92 Å². The first kappa shape index (κ1) is 19.5. The van der Waals surface area contributed by atoms with Gasteiger partial charge in [0.2, 0.25) is 5.95 Å². The number of aromatic nitrogens is 8. The first-order valence-corrected chi connectivity index (χ1v) is 11.0. The van der Waals surface area contributed by atoms with E-state index in [2.05, 4.69) is 68.8 Å². The summed E-state index contributed by atoms with van der Waals surface area (Å²) in [7, 11) is 0. The van der Waals surface area contributed by atoms with Crippen LogP contribution in [0.3, 0.4) is 0 Å². The van der Waals surface area contributed by atoms with Crippen LogP contribution in [0.5, 0.6) is 0 Å². The largest absolute Gasteiger partial charge is 0.368 e. The fourth-order valence-corrected chi connectivity index (χ4v) is 4.21. The Morgan fingerprint density at radius 2 is 1.82 bits per heavy atom. The maximum absolute atomic E-state index is 5.65. The highest BCUT2D eigenvalue weighted by Crippen LogP contribution is 2.41. The average molecular weight is 438 g/mol. The van der Waals surface area contributed by atoms with E-state index in [1.807, 2.05) is 0 Å². The number of fused-ring (bicyclic) bond motifs is 1. The average Bonchev–Trinajstić information content (AvgIpc) is 3.38. The van der Waals surface area contributed by atoms with E-state index in [-0.39, 0.29) is 12.0 Å². The molecule has 4 aromatic heterocycles. The quantitative estimate of drug-likeness (QED) is 0.439. The fraction of sp³-hybridized carbons (Fsp3) is 0.250. The molecule has 1 saturated carbocycles. The van der Waals surface area contributed by atoms with Crippen molar-refractivity contribution >= 4 is 17.0 Å². The van der Waals surface area contributed by atoms with Gasteiger partial charge in [-0.15, -0.1) is 0 Å². The molecule has 0 saturated heterocycles. The zero-order chi connectivity index (χ0) is 22.5. The Kier molecular flexibility index (Phi) is 4.42. The number of hydrogen-bond acceptors (Lipinski definition) is 7. The van der Waals surface area contributed by atoms with Crippen LogP contribution in [0.1, 0.15) is 44.3 Å². The monoisotopic (exact) mass is 437 g/mol. The number of rotatable bonds is 5. The Morgan fingerprint density at radius 1 is 1.00 bits per heavy atom. The molecule has 9 nitrogen and oxygen atoms in total. The molecule has 4 heterocycles. The molecule has 0 bridgehead atoms. The number of anilines is 1. The first-order valence-electron chi connectivity index (χ1n) is 11.0. The van der Waals surface area contributed by atoms with E-state index in [4.69, 9.17) is 15.7 Å². The third-order valence-corrected chi connectivity index (χ3v) is 5.98. The van der Waals surface area contributed by atoms with Gasteiger partial charge in [0.1, 0.15) is 18.3 Å². The molecule has 6 rings (SSSR count). The van der Waals surface area contributed by atoms with Crippen LogP contribution in [0.15, 0.2) is 55.4 Å². The van der Waals surface area contributed by atoms with Crippen LogP contribution in [0.4, 0.5) is 5.95 Å². The highest BCUT2D eigenvalue weighted by atomic mass is 15.3. The molecule has 1 aliphatic rings. The molecular weight excluding hydrogens is 414 g/mol. The van der Waals surface area contributed by atoms with Gasteiger partial charge >= 0.3 is 0 Å². The van der Waals surface area contributed by atoms with Gasteiger partial charge in [0.05, 0.1) is 16.7 Å². The number of nitrogens with two attached hydrogens (primary N) is 1. The molecule has 0 spiro atoms. The summed E-state index contributed by atoms with van der Waals surface area (Å²) in [4.78, 5) is 22.5. The lowest BCUT2D eigenvalue weighted by Crippen LogP contribution is -2.08. The maximum Gasteiger partial charge on any atom is 0.219 e. The van der Waals surface area contributed by atoms with E-state index >= 15 is 0 Å². The summed E-state index contributed by atoms with van der Waals surface area (Å²) in [6, 6.07) is 10.6.